The van der Waals surface area contributed by atoms with Crippen LogP contribution in [0.2, 0.25) is 0 Å². The van der Waals surface area contributed by atoms with Gasteiger partial charge in [0, 0.05) is 19.6 Å². The highest BCUT2D eigenvalue weighted by molar-refractivity contribution is 5.49. The molecule has 4 nitrogen and oxygen atoms in total. The van der Waals surface area contributed by atoms with E-state index in [-0.39, 0.29) is 17.4 Å². The van der Waals surface area contributed by atoms with Crippen LogP contribution in [0.25, 0.3) is 0 Å². The van der Waals surface area contributed by atoms with E-state index in [1.165, 1.54) is 5.56 Å². The summed E-state index contributed by atoms with van der Waals surface area (Å²) >= 11 is 0. The predicted molar refractivity (Wildman–Crippen MR) is 95.7 cm³/mol. The third-order valence-corrected chi connectivity index (χ3v) is 4.89. The van der Waals surface area contributed by atoms with Gasteiger partial charge < -0.3 is 14.6 Å². The summed E-state index contributed by atoms with van der Waals surface area (Å²) in [4.78, 5) is 2.40. The molecule has 1 unspecified atom stereocenters. The van der Waals surface area contributed by atoms with Crippen LogP contribution in [0.15, 0.2) is 65.3 Å². The number of benzene rings is 2. The van der Waals surface area contributed by atoms with E-state index in [0.29, 0.717) is 0 Å². The number of hydrogen-bond acceptors (Lipinski definition) is 4. The van der Waals surface area contributed by atoms with Crippen LogP contribution < -0.4 is 0 Å². The normalized spacial score (nSPS) is 17.8. The smallest absolute Gasteiger partial charge is 0.157 e. The lowest BCUT2D eigenvalue weighted by molar-refractivity contribution is 0.259. The molecule has 2 heterocycles. The molecule has 3 aromatic rings. The number of nitrogens with zero attached hydrogens (tertiary/aromatic N) is 1. The molecular weight excluding hydrogens is 314 g/mol. The average Bonchev–Trinajstić information content (AvgIpc) is 3.10. The molecule has 1 atom stereocenters. The van der Waals surface area contributed by atoms with Crippen LogP contribution in [0.3, 0.4) is 0 Å². The van der Waals surface area contributed by atoms with Gasteiger partial charge in [0.15, 0.2) is 11.5 Å². The molecule has 1 aliphatic rings. The van der Waals surface area contributed by atoms with Gasteiger partial charge in [0.1, 0.15) is 5.76 Å². The van der Waals surface area contributed by atoms with E-state index in [1.807, 2.05) is 18.2 Å². The minimum absolute atomic E-state index is 0.0303. The Morgan fingerprint density at radius 2 is 1.80 bits per heavy atom. The maximum absolute atomic E-state index is 9.99. The number of aromatic hydroxyl groups is 2. The second kappa shape index (κ2) is 6.65. The predicted octanol–water partition coefficient (Wildman–Crippen LogP) is 3.88. The molecule has 0 saturated heterocycles. The highest BCUT2D eigenvalue weighted by Crippen LogP contribution is 2.38. The number of phenolic OH excluding ortho intramolecular Hbond substituents is 2. The maximum atomic E-state index is 9.99. The van der Waals surface area contributed by atoms with Crippen molar-refractivity contribution < 1.29 is 14.6 Å². The molecular formula is C21H21NO3. The van der Waals surface area contributed by atoms with Crippen LogP contribution in [0.1, 0.15) is 28.4 Å². The molecule has 0 radical (unpaired) electrons. The van der Waals surface area contributed by atoms with Crippen molar-refractivity contribution >= 4 is 0 Å². The number of rotatable bonds is 3. The lowest BCUT2D eigenvalue weighted by Crippen LogP contribution is -2.28. The van der Waals surface area contributed by atoms with E-state index in [1.54, 1.807) is 18.4 Å². The van der Waals surface area contributed by atoms with E-state index < -0.39 is 0 Å². The Balaban J connectivity index is 1.69. The fourth-order valence-corrected chi connectivity index (χ4v) is 3.62. The first-order valence-corrected chi connectivity index (χ1v) is 8.55. The fraction of sp³-hybridized carbons (Fsp3) is 0.238. The third kappa shape index (κ3) is 3.26. The van der Waals surface area contributed by atoms with Gasteiger partial charge in [-0.3, -0.25) is 4.90 Å². The summed E-state index contributed by atoms with van der Waals surface area (Å²) in [7, 11) is 0. The quantitative estimate of drug-likeness (QED) is 0.713. The highest BCUT2D eigenvalue weighted by Gasteiger charge is 2.27. The Labute approximate surface area is 147 Å². The monoisotopic (exact) mass is 335 g/mol. The highest BCUT2D eigenvalue weighted by atomic mass is 16.3. The molecule has 25 heavy (non-hydrogen) atoms. The topological polar surface area (TPSA) is 56.8 Å². The molecule has 0 amide bonds. The van der Waals surface area contributed by atoms with Crippen LogP contribution in [-0.2, 0) is 13.0 Å². The maximum Gasteiger partial charge on any atom is 0.157 e. The molecule has 1 aromatic heterocycles. The summed E-state index contributed by atoms with van der Waals surface area (Å²) < 4.78 is 5.68. The molecule has 0 aliphatic carbocycles. The number of hydrogen-bond donors (Lipinski definition) is 2. The summed E-state index contributed by atoms with van der Waals surface area (Å²) in [5.41, 5.74) is 3.37. The zero-order chi connectivity index (χ0) is 17.2. The van der Waals surface area contributed by atoms with Crippen molar-refractivity contribution in [1.82, 2.24) is 4.90 Å². The first-order chi connectivity index (χ1) is 12.2. The zero-order valence-electron chi connectivity index (χ0n) is 13.9. The Hall–Kier alpha value is -2.72. The van der Waals surface area contributed by atoms with Crippen molar-refractivity contribution in [1.29, 1.82) is 0 Å². The number of phenols is 2. The summed E-state index contributed by atoms with van der Waals surface area (Å²) in [6.45, 7) is 2.56. The summed E-state index contributed by atoms with van der Waals surface area (Å²) in [6, 6.07) is 17.7. The Morgan fingerprint density at radius 3 is 2.56 bits per heavy atom. The first-order valence-electron chi connectivity index (χ1n) is 8.55. The van der Waals surface area contributed by atoms with Gasteiger partial charge in [-0.15, -0.1) is 0 Å². The zero-order valence-corrected chi connectivity index (χ0v) is 13.9. The third-order valence-electron chi connectivity index (χ3n) is 4.89. The van der Waals surface area contributed by atoms with Crippen molar-refractivity contribution in [3.63, 3.8) is 0 Å². The van der Waals surface area contributed by atoms with Crippen molar-refractivity contribution in [3.8, 4) is 11.5 Å². The standard InChI is InChI=1S/C21H21NO3/c23-19-11-16-8-9-22(13-15-5-2-1-3-6-15)14-18(17(16)12-20(19)24)21-7-4-10-25-21/h1-7,10-12,18,23-24H,8-9,13-14H2. The van der Waals surface area contributed by atoms with Crippen molar-refractivity contribution in [2.75, 3.05) is 13.1 Å². The lowest BCUT2D eigenvalue weighted by Gasteiger charge is -2.24. The van der Waals surface area contributed by atoms with Gasteiger partial charge in [0.25, 0.3) is 0 Å². The number of furan rings is 1. The lowest BCUT2D eigenvalue weighted by atomic mass is 9.91. The average molecular weight is 335 g/mol. The molecule has 2 aromatic carbocycles. The van der Waals surface area contributed by atoms with Crippen molar-refractivity contribution in [2.45, 2.75) is 18.9 Å². The van der Waals surface area contributed by atoms with E-state index in [4.69, 9.17) is 4.42 Å². The molecule has 0 saturated carbocycles. The van der Waals surface area contributed by atoms with Crippen LogP contribution in [-0.4, -0.2) is 28.2 Å². The van der Waals surface area contributed by atoms with Gasteiger partial charge in [0.2, 0.25) is 0 Å². The SMILES string of the molecule is Oc1cc2c(cc1O)C(c1ccco1)CN(Cc1ccccc1)CC2. The summed E-state index contributed by atoms with van der Waals surface area (Å²) in [5.74, 6) is 0.772. The Kier molecular flexibility index (Phi) is 4.20. The number of fused-ring (bicyclic) bond motifs is 1. The molecule has 4 heteroatoms. The van der Waals surface area contributed by atoms with Gasteiger partial charge in [0.05, 0.1) is 12.2 Å². The van der Waals surface area contributed by atoms with Crippen LogP contribution >= 0.6 is 0 Å². The van der Waals surface area contributed by atoms with E-state index in [0.717, 1.165) is 42.9 Å². The second-order valence-electron chi connectivity index (χ2n) is 6.58. The molecule has 2 N–H and O–H groups in total. The molecule has 0 fully saturated rings. The van der Waals surface area contributed by atoms with Crippen LogP contribution in [0, 0.1) is 0 Å². The molecule has 4 rings (SSSR count). The second-order valence-corrected chi connectivity index (χ2v) is 6.58. The van der Waals surface area contributed by atoms with Crippen LogP contribution in [0.5, 0.6) is 11.5 Å². The van der Waals surface area contributed by atoms with Crippen LogP contribution in [0.4, 0.5) is 0 Å². The molecule has 1 aliphatic heterocycles. The van der Waals surface area contributed by atoms with Gasteiger partial charge in [-0.1, -0.05) is 30.3 Å². The minimum Gasteiger partial charge on any atom is -0.504 e. The van der Waals surface area contributed by atoms with E-state index in [2.05, 4.69) is 29.2 Å². The van der Waals surface area contributed by atoms with E-state index in [9.17, 15) is 10.2 Å². The summed E-state index contributed by atoms with van der Waals surface area (Å²) in [5, 5.41) is 19.9. The van der Waals surface area contributed by atoms with Gasteiger partial charge in [-0.2, -0.15) is 0 Å². The van der Waals surface area contributed by atoms with Gasteiger partial charge >= 0.3 is 0 Å². The van der Waals surface area contributed by atoms with Gasteiger partial charge in [-0.25, -0.2) is 0 Å². The Bertz CT molecular complexity index is 843. The molecule has 128 valence electrons. The molecule has 0 spiro atoms. The minimum atomic E-state index is -0.0770. The Morgan fingerprint density at radius 1 is 1.00 bits per heavy atom. The first kappa shape index (κ1) is 15.8. The van der Waals surface area contributed by atoms with Gasteiger partial charge in [-0.05, 0) is 47.4 Å². The largest absolute Gasteiger partial charge is 0.504 e. The molecule has 0 bridgehead atoms. The van der Waals surface area contributed by atoms with E-state index >= 15 is 0 Å². The van der Waals surface area contributed by atoms with Crippen molar-refractivity contribution in [2.24, 2.45) is 0 Å². The summed E-state index contributed by atoms with van der Waals surface area (Å²) in [6.07, 6.45) is 2.51. The fourth-order valence-electron chi connectivity index (χ4n) is 3.62. The van der Waals surface area contributed by atoms with Crippen molar-refractivity contribution in [3.05, 3.63) is 83.3 Å².